The second-order valence-corrected chi connectivity index (χ2v) is 6.16. The SMILES string of the molecule is S.[C-]#[N+]c1ccc2c(c1)C(Oc1ccc(=O)n(C)n1)[C@@H](O)C(C)(C)O2. The normalized spacial score (nSPS) is 20.4. The number of aromatic nitrogens is 2. The zero-order chi connectivity index (χ0) is 17.5. The Morgan fingerprint density at radius 2 is 2.08 bits per heavy atom. The highest BCUT2D eigenvalue weighted by molar-refractivity contribution is 7.59. The van der Waals surface area contributed by atoms with Gasteiger partial charge in [-0.05, 0) is 26.0 Å². The Bertz CT molecular complexity index is 888. The Morgan fingerprint density at radius 1 is 1.36 bits per heavy atom. The summed E-state index contributed by atoms with van der Waals surface area (Å²) in [5, 5.41) is 14.7. The first-order chi connectivity index (χ1) is 11.3. The van der Waals surface area contributed by atoms with Crippen molar-refractivity contribution < 1.29 is 14.6 Å². The Kier molecular flexibility index (Phi) is 5.11. The molecule has 1 unspecified atom stereocenters. The second-order valence-electron chi connectivity index (χ2n) is 6.16. The molecule has 0 spiro atoms. The zero-order valence-electron chi connectivity index (χ0n) is 14.1. The molecule has 7 nitrogen and oxygen atoms in total. The van der Waals surface area contributed by atoms with Crippen LogP contribution in [0.3, 0.4) is 0 Å². The van der Waals surface area contributed by atoms with Crippen LogP contribution in [0.2, 0.25) is 0 Å². The van der Waals surface area contributed by atoms with Gasteiger partial charge < -0.3 is 14.6 Å². The van der Waals surface area contributed by atoms with Crippen LogP contribution in [0.15, 0.2) is 35.1 Å². The van der Waals surface area contributed by atoms with E-state index in [2.05, 4.69) is 9.94 Å². The maximum atomic E-state index is 11.5. The fourth-order valence-corrected chi connectivity index (χ4v) is 2.60. The average Bonchev–Trinajstić information content (AvgIpc) is 2.54. The van der Waals surface area contributed by atoms with Crippen molar-refractivity contribution in [1.29, 1.82) is 0 Å². The summed E-state index contributed by atoms with van der Waals surface area (Å²) in [7, 11) is 1.52. The molecule has 0 fully saturated rings. The topological polar surface area (TPSA) is 77.9 Å². The molecule has 2 heterocycles. The zero-order valence-corrected chi connectivity index (χ0v) is 15.1. The highest BCUT2D eigenvalue weighted by Crippen LogP contribution is 2.43. The van der Waals surface area contributed by atoms with Crippen LogP contribution in [-0.2, 0) is 7.05 Å². The lowest BCUT2D eigenvalue weighted by molar-refractivity contribution is -0.104. The number of rotatable bonds is 2. The molecule has 0 aliphatic carbocycles. The van der Waals surface area contributed by atoms with Gasteiger partial charge in [-0.1, -0.05) is 6.07 Å². The molecule has 25 heavy (non-hydrogen) atoms. The first kappa shape index (κ1) is 18.8. The third-order valence-electron chi connectivity index (χ3n) is 3.98. The molecule has 1 aliphatic rings. The van der Waals surface area contributed by atoms with Crippen LogP contribution >= 0.6 is 13.5 Å². The van der Waals surface area contributed by atoms with E-state index in [1.807, 2.05) is 0 Å². The molecular formula is C17H19N3O4S. The van der Waals surface area contributed by atoms with Gasteiger partial charge in [-0.15, -0.1) is 5.10 Å². The first-order valence-corrected chi connectivity index (χ1v) is 7.41. The number of fused-ring (bicyclic) bond motifs is 1. The van der Waals surface area contributed by atoms with Crippen LogP contribution in [0.25, 0.3) is 4.85 Å². The Hall–Kier alpha value is -2.50. The van der Waals surface area contributed by atoms with Crippen molar-refractivity contribution in [3.05, 3.63) is 57.7 Å². The minimum atomic E-state index is -0.981. The van der Waals surface area contributed by atoms with E-state index in [0.29, 0.717) is 17.0 Å². The van der Waals surface area contributed by atoms with Crippen molar-refractivity contribution in [2.45, 2.75) is 31.7 Å². The van der Waals surface area contributed by atoms with Crippen LogP contribution in [-0.4, -0.2) is 26.6 Å². The molecule has 0 amide bonds. The van der Waals surface area contributed by atoms with Crippen molar-refractivity contribution in [2.24, 2.45) is 7.05 Å². The summed E-state index contributed by atoms with van der Waals surface area (Å²) < 4.78 is 12.8. The first-order valence-electron chi connectivity index (χ1n) is 7.41. The molecule has 0 saturated heterocycles. The molecule has 8 heteroatoms. The summed E-state index contributed by atoms with van der Waals surface area (Å²) in [5.41, 5.74) is -0.138. The van der Waals surface area contributed by atoms with E-state index < -0.39 is 17.8 Å². The van der Waals surface area contributed by atoms with E-state index >= 15 is 0 Å². The van der Waals surface area contributed by atoms with Crippen LogP contribution in [0.1, 0.15) is 25.5 Å². The van der Waals surface area contributed by atoms with Gasteiger partial charge in [0.15, 0.2) is 11.8 Å². The van der Waals surface area contributed by atoms with Crippen LogP contribution < -0.4 is 15.0 Å². The number of benzene rings is 1. The van der Waals surface area contributed by atoms with Crippen molar-refractivity contribution in [1.82, 2.24) is 9.78 Å². The summed E-state index contributed by atoms with van der Waals surface area (Å²) in [5.74, 6) is 0.755. The van der Waals surface area contributed by atoms with E-state index in [0.717, 1.165) is 4.68 Å². The lowest BCUT2D eigenvalue weighted by atomic mass is 9.88. The molecule has 2 aromatic rings. The summed E-state index contributed by atoms with van der Waals surface area (Å²) in [6, 6.07) is 7.78. The lowest BCUT2D eigenvalue weighted by Crippen LogP contribution is -2.50. The molecule has 1 N–H and O–H groups in total. The van der Waals surface area contributed by atoms with E-state index in [4.69, 9.17) is 16.0 Å². The van der Waals surface area contributed by atoms with Crippen LogP contribution in [0.4, 0.5) is 5.69 Å². The van der Waals surface area contributed by atoms with Gasteiger partial charge in [0.1, 0.15) is 17.5 Å². The lowest BCUT2D eigenvalue weighted by Gasteiger charge is -2.41. The van der Waals surface area contributed by atoms with Crippen LogP contribution in [0, 0.1) is 6.57 Å². The van der Waals surface area contributed by atoms with Crippen molar-refractivity contribution in [2.75, 3.05) is 0 Å². The maximum absolute atomic E-state index is 11.5. The highest BCUT2D eigenvalue weighted by atomic mass is 32.1. The number of hydrogen-bond acceptors (Lipinski definition) is 5. The monoisotopic (exact) mass is 361 g/mol. The second kappa shape index (κ2) is 6.78. The van der Waals surface area contributed by atoms with Crippen molar-refractivity contribution in [3.63, 3.8) is 0 Å². The van der Waals surface area contributed by atoms with Gasteiger partial charge in [-0.2, -0.15) is 13.5 Å². The minimum Gasteiger partial charge on any atom is -0.485 e. The fraction of sp³-hybridized carbons (Fsp3) is 0.353. The predicted octanol–water partition coefficient (Wildman–Crippen LogP) is 2.10. The molecule has 132 valence electrons. The Morgan fingerprint density at radius 3 is 2.72 bits per heavy atom. The molecule has 1 aromatic carbocycles. The van der Waals surface area contributed by atoms with Crippen LogP contribution in [0.5, 0.6) is 11.6 Å². The molecule has 0 bridgehead atoms. The number of aryl methyl sites for hydroxylation is 1. The van der Waals surface area contributed by atoms with Crippen molar-refractivity contribution >= 4 is 19.2 Å². The van der Waals surface area contributed by atoms with Crippen molar-refractivity contribution in [3.8, 4) is 11.6 Å². The van der Waals surface area contributed by atoms with E-state index in [-0.39, 0.29) is 24.9 Å². The van der Waals surface area contributed by atoms with Gasteiger partial charge >= 0.3 is 0 Å². The van der Waals surface area contributed by atoms with E-state index in [9.17, 15) is 9.90 Å². The molecule has 1 aliphatic heterocycles. The summed E-state index contributed by atoms with van der Waals surface area (Å²) in [6.45, 7) is 10.7. The number of aliphatic hydroxyl groups excluding tert-OH is 1. The van der Waals surface area contributed by atoms with E-state index in [1.54, 1.807) is 32.0 Å². The summed E-state index contributed by atoms with van der Waals surface area (Å²) in [6.07, 6.45) is -1.75. The predicted molar refractivity (Wildman–Crippen MR) is 96.6 cm³/mol. The third-order valence-corrected chi connectivity index (χ3v) is 3.98. The number of ether oxygens (including phenoxy) is 2. The Labute approximate surface area is 152 Å². The number of hydrogen-bond donors (Lipinski definition) is 1. The van der Waals surface area contributed by atoms with Gasteiger partial charge in [0.2, 0.25) is 5.88 Å². The summed E-state index contributed by atoms with van der Waals surface area (Å²) in [4.78, 5) is 14.9. The van der Waals surface area contributed by atoms with Gasteiger partial charge in [-0.25, -0.2) is 9.53 Å². The molecule has 3 rings (SSSR count). The van der Waals surface area contributed by atoms with Gasteiger partial charge in [0, 0.05) is 24.7 Å². The van der Waals surface area contributed by atoms with E-state index in [1.165, 1.54) is 19.2 Å². The largest absolute Gasteiger partial charge is 0.485 e. The van der Waals surface area contributed by atoms with Gasteiger partial charge in [-0.3, -0.25) is 4.79 Å². The minimum absolute atomic E-state index is 0. The third kappa shape index (κ3) is 3.48. The quantitative estimate of drug-likeness (QED) is 0.829. The standard InChI is InChI=1S/C17H17N3O4.H2S/c1-17(2)16(22)15(23-13-7-8-14(21)20(4)19-13)11-9-10(18-3)5-6-12(11)24-17;/h5-9,15-16,22H,1-2,4H3;1H2/t15?,16-;/m1./s1. The average molecular weight is 361 g/mol. The summed E-state index contributed by atoms with van der Waals surface area (Å²) >= 11 is 0. The number of aliphatic hydroxyl groups is 1. The van der Waals surface area contributed by atoms with Gasteiger partial charge in [0.25, 0.3) is 5.56 Å². The highest BCUT2D eigenvalue weighted by Gasteiger charge is 2.44. The molecule has 1 aromatic heterocycles. The number of nitrogens with zero attached hydrogens (tertiary/aromatic N) is 3. The molecular weight excluding hydrogens is 342 g/mol. The smallest absolute Gasteiger partial charge is 0.266 e. The maximum Gasteiger partial charge on any atom is 0.266 e. The molecule has 0 radical (unpaired) electrons. The molecule has 2 atom stereocenters. The fourth-order valence-electron chi connectivity index (χ4n) is 2.60. The van der Waals surface area contributed by atoms with Gasteiger partial charge in [0.05, 0.1) is 6.57 Å². The molecule has 0 saturated carbocycles. The Balaban J connectivity index is 0.00000225.